The number of carbonyl (C=O) groups excluding carboxylic acids is 2. The van der Waals surface area contributed by atoms with E-state index < -0.39 is 12.0 Å². The van der Waals surface area contributed by atoms with Gasteiger partial charge in [0.1, 0.15) is 5.82 Å². The lowest BCUT2D eigenvalue weighted by Gasteiger charge is -2.32. The summed E-state index contributed by atoms with van der Waals surface area (Å²) < 4.78 is 18.8. The predicted molar refractivity (Wildman–Crippen MR) is 77.4 cm³/mol. The first-order valence-electron chi connectivity index (χ1n) is 7.45. The Morgan fingerprint density at radius 2 is 2.05 bits per heavy atom. The lowest BCUT2D eigenvalue weighted by atomic mass is 9.92. The summed E-state index contributed by atoms with van der Waals surface area (Å²) in [6, 6.07) is 5.73. The Morgan fingerprint density at radius 1 is 1.32 bits per heavy atom. The van der Waals surface area contributed by atoms with Gasteiger partial charge in [0.05, 0.1) is 25.2 Å². The van der Waals surface area contributed by atoms with E-state index in [0.717, 1.165) is 0 Å². The molecule has 1 aromatic rings. The molecule has 2 aliphatic rings. The van der Waals surface area contributed by atoms with Gasteiger partial charge in [0.2, 0.25) is 11.8 Å². The molecule has 2 amide bonds. The third-order valence-electron chi connectivity index (χ3n) is 4.42. The highest BCUT2D eigenvalue weighted by Gasteiger charge is 2.44. The van der Waals surface area contributed by atoms with E-state index in [2.05, 4.69) is 0 Å². The van der Waals surface area contributed by atoms with Crippen LogP contribution >= 0.6 is 0 Å². The first-order valence-corrected chi connectivity index (χ1v) is 7.45. The quantitative estimate of drug-likeness (QED) is 0.825. The van der Waals surface area contributed by atoms with Crippen molar-refractivity contribution in [1.82, 2.24) is 9.80 Å². The number of morpholine rings is 1. The van der Waals surface area contributed by atoms with Crippen molar-refractivity contribution < 1.29 is 18.7 Å². The molecule has 0 bridgehead atoms. The van der Waals surface area contributed by atoms with Gasteiger partial charge >= 0.3 is 0 Å². The molecule has 22 heavy (non-hydrogen) atoms. The molecule has 0 spiro atoms. The van der Waals surface area contributed by atoms with Crippen LogP contribution in [0.15, 0.2) is 24.3 Å². The van der Waals surface area contributed by atoms with Crippen LogP contribution in [0.5, 0.6) is 0 Å². The molecule has 0 radical (unpaired) electrons. The SMILES string of the molecule is CN1C(=O)C[C@@H](C(=O)N2CCOCC2)[C@@H]1c1cccc(F)c1. The number of amides is 2. The Morgan fingerprint density at radius 3 is 2.73 bits per heavy atom. The maximum atomic E-state index is 13.5. The van der Waals surface area contributed by atoms with Crippen LogP contribution in [-0.4, -0.2) is 55.0 Å². The number of hydrogen-bond donors (Lipinski definition) is 0. The third kappa shape index (κ3) is 2.70. The summed E-state index contributed by atoms with van der Waals surface area (Å²) in [6.07, 6.45) is 0.174. The number of hydrogen-bond acceptors (Lipinski definition) is 3. The Bertz CT molecular complexity index is 587. The molecule has 0 unspecified atom stereocenters. The Balaban J connectivity index is 1.87. The molecule has 2 fully saturated rings. The van der Waals surface area contributed by atoms with Crippen LogP contribution in [0.25, 0.3) is 0 Å². The van der Waals surface area contributed by atoms with Gasteiger partial charge in [-0.25, -0.2) is 4.39 Å². The van der Waals surface area contributed by atoms with Crippen LogP contribution in [0.3, 0.4) is 0 Å². The van der Waals surface area contributed by atoms with Crippen molar-refractivity contribution in [1.29, 1.82) is 0 Å². The van der Waals surface area contributed by atoms with Crippen LogP contribution in [-0.2, 0) is 14.3 Å². The topological polar surface area (TPSA) is 49.9 Å². The molecule has 2 aliphatic heterocycles. The van der Waals surface area contributed by atoms with E-state index >= 15 is 0 Å². The molecular formula is C16H19FN2O3. The van der Waals surface area contributed by atoms with Gasteiger partial charge in [-0.3, -0.25) is 9.59 Å². The number of halogens is 1. The minimum Gasteiger partial charge on any atom is -0.378 e. The van der Waals surface area contributed by atoms with Gasteiger partial charge in [-0.15, -0.1) is 0 Å². The van der Waals surface area contributed by atoms with Crippen molar-refractivity contribution in [3.63, 3.8) is 0 Å². The molecule has 0 aliphatic carbocycles. The summed E-state index contributed by atoms with van der Waals surface area (Å²) in [5.74, 6) is -0.948. The molecule has 2 heterocycles. The second kappa shape index (κ2) is 6.04. The Kier molecular flexibility index (Phi) is 4.11. The monoisotopic (exact) mass is 306 g/mol. The second-order valence-corrected chi connectivity index (χ2v) is 5.75. The molecule has 0 aromatic heterocycles. The third-order valence-corrected chi connectivity index (χ3v) is 4.42. The molecule has 118 valence electrons. The average Bonchev–Trinajstić information content (AvgIpc) is 2.83. The summed E-state index contributed by atoms with van der Waals surface area (Å²) in [5, 5.41) is 0. The van der Waals surface area contributed by atoms with Gasteiger partial charge in [0, 0.05) is 26.6 Å². The average molecular weight is 306 g/mol. The summed E-state index contributed by atoms with van der Waals surface area (Å²) in [4.78, 5) is 28.1. The van der Waals surface area contributed by atoms with E-state index in [-0.39, 0.29) is 24.1 Å². The number of nitrogens with zero attached hydrogens (tertiary/aromatic N) is 2. The van der Waals surface area contributed by atoms with Crippen molar-refractivity contribution in [2.24, 2.45) is 5.92 Å². The van der Waals surface area contributed by atoms with Crippen molar-refractivity contribution >= 4 is 11.8 Å². The molecule has 0 saturated carbocycles. The van der Waals surface area contributed by atoms with E-state index in [9.17, 15) is 14.0 Å². The molecule has 1 aromatic carbocycles. The fourth-order valence-electron chi connectivity index (χ4n) is 3.26. The van der Waals surface area contributed by atoms with Crippen molar-refractivity contribution in [2.45, 2.75) is 12.5 Å². The number of benzene rings is 1. The highest BCUT2D eigenvalue weighted by Crippen LogP contribution is 2.38. The zero-order valence-electron chi connectivity index (χ0n) is 12.5. The van der Waals surface area contributed by atoms with E-state index in [1.165, 1.54) is 12.1 Å². The number of carbonyl (C=O) groups is 2. The van der Waals surface area contributed by atoms with Crippen LogP contribution in [0.2, 0.25) is 0 Å². The fraction of sp³-hybridized carbons (Fsp3) is 0.500. The summed E-state index contributed by atoms with van der Waals surface area (Å²) >= 11 is 0. The molecular weight excluding hydrogens is 287 g/mol. The zero-order valence-corrected chi connectivity index (χ0v) is 12.5. The van der Waals surface area contributed by atoms with Crippen molar-refractivity contribution in [3.05, 3.63) is 35.6 Å². The van der Waals surface area contributed by atoms with Crippen LogP contribution in [0, 0.1) is 11.7 Å². The number of rotatable bonds is 2. The molecule has 0 N–H and O–H groups in total. The highest BCUT2D eigenvalue weighted by molar-refractivity contribution is 5.90. The molecule has 3 rings (SSSR count). The fourth-order valence-corrected chi connectivity index (χ4v) is 3.26. The van der Waals surface area contributed by atoms with Gasteiger partial charge in [-0.1, -0.05) is 12.1 Å². The van der Waals surface area contributed by atoms with E-state index in [1.807, 2.05) is 0 Å². The maximum Gasteiger partial charge on any atom is 0.228 e. The van der Waals surface area contributed by atoms with Crippen molar-refractivity contribution in [2.75, 3.05) is 33.4 Å². The number of ether oxygens (including phenoxy) is 1. The first-order chi connectivity index (χ1) is 10.6. The lowest BCUT2D eigenvalue weighted by Crippen LogP contribution is -2.44. The second-order valence-electron chi connectivity index (χ2n) is 5.75. The first kappa shape index (κ1) is 15.0. The summed E-state index contributed by atoms with van der Waals surface area (Å²) in [6.45, 7) is 2.13. The predicted octanol–water partition coefficient (Wildman–Crippen LogP) is 1.20. The summed E-state index contributed by atoms with van der Waals surface area (Å²) in [7, 11) is 1.67. The minimum absolute atomic E-state index is 0.0461. The molecule has 6 heteroatoms. The van der Waals surface area contributed by atoms with Crippen LogP contribution in [0.4, 0.5) is 4.39 Å². The van der Waals surface area contributed by atoms with Crippen molar-refractivity contribution in [3.8, 4) is 0 Å². The van der Waals surface area contributed by atoms with Gasteiger partial charge in [-0.05, 0) is 17.7 Å². The minimum atomic E-state index is -0.461. The van der Waals surface area contributed by atoms with Gasteiger partial charge in [-0.2, -0.15) is 0 Å². The Hall–Kier alpha value is -1.95. The van der Waals surface area contributed by atoms with E-state index in [1.54, 1.807) is 29.0 Å². The maximum absolute atomic E-state index is 13.5. The smallest absolute Gasteiger partial charge is 0.228 e. The van der Waals surface area contributed by atoms with Gasteiger partial charge in [0.25, 0.3) is 0 Å². The Labute approximate surface area is 128 Å². The normalized spacial score (nSPS) is 25.6. The molecule has 2 atom stereocenters. The standard InChI is InChI=1S/C16H19FN2O3/c1-18-14(20)10-13(16(21)19-5-7-22-8-6-19)15(18)11-3-2-4-12(17)9-11/h2-4,9,13,15H,5-8,10H2,1H3/t13-,15+/m1/s1. The van der Waals surface area contributed by atoms with Crippen LogP contribution in [0.1, 0.15) is 18.0 Å². The highest BCUT2D eigenvalue weighted by atomic mass is 19.1. The van der Waals surface area contributed by atoms with Crippen LogP contribution < -0.4 is 0 Å². The summed E-state index contributed by atoms with van der Waals surface area (Å²) in [5.41, 5.74) is 0.667. The lowest BCUT2D eigenvalue weighted by molar-refractivity contribution is -0.140. The van der Waals surface area contributed by atoms with Gasteiger partial charge < -0.3 is 14.5 Å². The molecule has 2 saturated heterocycles. The van der Waals surface area contributed by atoms with Gasteiger partial charge in [0.15, 0.2) is 0 Å². The zero-order chi connectivity index (χ0) is 15.7. The van der Waals surface area contributed by atoms with E-state index in [4.69, 9.17) is 4.74 Å². The molecule has 5 nitrogen and oxygen atoms in total. The largest absolute Gasteiger partial charge is 0.378 e. The van der Waals surface area contributed by atoms with E-state index in [0.29, 0.717) is 31.9 Å². The number of likely N-dealkylation sites (tertiary alicyclic amines) is 1.